The van der Waals surface area contributed by atoms with Crippen molar-refractivity contribution in [3.05, 3.63) is 228 Å². The zero-order valence-electron chi connectivity index (χ0n) is 30.8. The van der Waals surface area contributed by atoms with E-state index in [9.17, 15) is 0 Å². The van der Waals surface area contributed by atoms with Gasteiger partial charge in [0.2, 0.25) is 0 Å². The normalized spacial score (nSPS) is 14.8. The fraction of sp³-hybridized carbons (Fsp3) is 0.0769. The Morgan fingerprint density at radius 3 is 1.76 bits per heavy atom. The minimum Gasteiger partial charge on any atom is -0.453 e. The summed E-state index contributed by atoms with van der Waals surface area (Å²) in [5, 5.41) is 0. The average Bonchev–Trinajstić information content (AvgIpc) is 3.54. The maximum Gasteiger partial charge on any atom is 0.151 e. The van der Waals surface area contributed by atoms with E-state index in [1.165, 1.54) is 44.5 Å². The topological polar surface area (TPSA) is 15.7 Å². The highest BCUT2D eigenvalue weighted by atomic mass is 16.5. The largest absolute Gasteiger partial charge is 0.453 e. The summed E-state index contributed by atoms with van der Waals surface area (Å²) in [6.07, 6.45) is 0. The van der Waals surface area contributed by atoms with E-state index in [1.54, 1.807) is 0 Å². The van der Waals surface area contributed by atoms with Crippen molar-refractivity contribution in [2.45, 2.75) is 24.7 Å². The third-order valence-corrected chi connectivity index (χ3v) is 12.1. The van der Waals surface area contributed by atoms with Crippen LogP contribution >= 0.6 is 0 Å². The van der Waals surface area contributed by atoms with Crippen molar-refractivity contribution >= 4 is 34.1 Å². The SMILES string of the molecule is CC1(C)c2ccc(N(c3ccccc3)c3ccc4c(c3)C(c3ccccc3)(c3ccccc3)c3ccccc3-4)cc2N2c3ccccc3Oc3cccc1c32. The molecule has 8 aromatic rings. The number of ether oxygens (including phenoxy) is 1. The van der Waals surface area contributed by atoms with Gasteiger partial charge in [-0.2, -0.15) is 0 Å². The fourth-order valence-corrected chi connectivity index (χ4v) is 9.67. The van der Waals surface area contributed by atoms with Gasteiger partial charge in [-0.3, -0.25) is 0 Å². The molecular weight excluding hydrogens is 669 g/mol. The number of para-hydroxylation sites is 4. The lowest BCUT2D eigenvalue weighted by atomic mass is 9.67. The summed E-state index contributed by atoms with van der Waals surface area (Å²) in [4.78, 5) is 4.84. The summed E-state index contributed by atoms with van der Waals surface area (Å²) in [5.74, 6) is 1.75. The first-order valence-corrected chi connectivity index (χ1v) is 19.1. The third-order valence-electron chi connectivity index (χ3n) is 12.1. The molecule has 0 amide bonds. The van der Waals surface area contributed by atoms with Gasteiger partial charge in [0.1, 0.15) is 0 Å². The van der Waals surface area contributed by atoms with E-state index >= 15 is 0 Å². The van der Waals surface area contributed by atoms with Crippen molar-refractivity contribution in [3.63, 3.8) is 0 Å². The van der Waals surface area contributed by atoms with E-state index in [-0.39, 0.29) is 5.41 Å². The molecule has 2 heterocycles. The van der Waals surface area contributed by atoms with E-state index in [0.29, 0.717) is 0 Å². The number of anilines is 6. The smallest absolute Gasteiger partial charge is 0.151 e. The lowest BCUT2D eigenvalue weighted by Gasteiger charge is -2.45. The zero-order chi connectivity index (χ0) is 36.7. The Balaban J connectivity index is 1.16. The Labute approximate surface area is 322 Å². The third kappa shape index (κ3) is 4.44. The van der Waals surface area contributed by atoms with Crippen LogP contribution in [-0.4, -0.2) is 0 Å². The van der Waals surface area contributed by atoms with Crippen LogP contribution in [0.2, 0.25) is 0 Å². The molecule has 0 spiro atoms. The number of hydrogen-bond donors (Lipinski definition) is 0. The van der Waals surface area contributed by atoms with Gasteiger partial charge in [-0.05, 0) is 99.1 Å². The molecule has 0 aromatic heterocycles. The van der Waals surface area contributed by atoms with Crippen LogP contribution in [0.4, 0.5) is 34.1 Å². The first-order valence-electron chi connectivity index (χ1n) is 19.1. The molecule has 3 heteroatoms. The van der Waals surface area contributed by atoms with Gasteiger partial charge < -0.3 is 14.5 Å². The van der Waals surface area contributed by atoms with Crippen LogP contribution in [0.3, 0.4) is 0 Å². The minimum absolute atomic E-state index is 0.243. The number of fused-ring (bicyclic) bond motifs is 7. The summed E-state index contributed by atoms with van der Waals surface area (Å²) in [5.41, 5.74) is 16.1. The number of benzene rings is 8. The first kappa shape index (κ1) is 31.7. The minimum atomic E-state index is -0.496. The summed E-state index contributed by atoms with van der Waals surface area (Å²) in [7, 11) is 0. The van der Waals surface area contributed by atoms with Gasteiger partial charge in [0.15, 0.2) is 11.5 Å². The Kier molecular flexibility index (Phi) is 6.81. The molecule has 262 valence electrons. The standard InChI is InChI=1S/C52H38N2O/c1-51(2)43-32-30-39(34-47(43)54-46-26-14-15-27-48(46)55-49-28-16-25-44(51)50(49)54)53(37-21-10-5-11-22-37)38-29-31-41-40-23-12-13-24-42(40)52(45(41)33-38,35-17-6-3-7-18-35)36-19-8-4-9-20-36/h3-34H,1-2H3. The maximum absolute atomic E-state index is 6.56. The highest BCUT2D eigenvalue weighted by molar-refractivity contribution is 5.95. The molecule has 2 aliphatic heterocycles. The van der Waals surface area contributed by atoms with Crippen molar-refractivity contribution < 1.29 is 4.74 Å². The van der Waals surface area contributed by atoms with Crippen molar-refractivity contribution in [1.82, 2.24) is 0 Å². The molecular formula is C52H38N2O. The van der Waals surface area contributed by atoms with E-state index < -0.39 is 5.41 Å². The van der Waals surface area contributed by atoms with Gasteiger partial charge in [-0.15, -0.1) is 0 Å². The van der Waals surface area contributed by atoms with E-state index in [4.69, 9.17) is 4.74 Å². The van der Waals surface area contributed by atoms with Crippen molar-refractivity contribution in [2.75, 3.05) is 9.80 Å². The Morgan fingerprint density at radius 1 is 0.418 bits per heavy atom. The van der Waals surface area contributed by atoms with Gasteiger partial charge >= 0.3 is 0 Å². The lowest BCUT2D eigenvalue weighted by Crippen LogP contribution is -2.32. The van der Waals surface area contributed by atoms with E-state index in [2.05, 4.69) is 212 Å². The van der Waals surface area contributed by atoms with E-state index in [0.717, 1.165) is 45.6 Å². The van der Waals surface area contributed by atoms with Crippen LogP contribution in [-0.2, 0) is 10.8 Å². The molecule has 8 aromatic carbocycles. The predicted molar refractivity (Wildman–Crippen MR) is 225 cm³/mol. The second-order valence-electron chi connectivity index (χ2n) is 15.3. The molecule has 0 bridgehead atoms. The first-order chi connectivity index (χ1) is 27.0. The van der Waals surface area contributed by atoms with Gasteiger partial charge in [-0.1, -0.05) is 153 Å². The Morgan fingerprint density at radius 2 is 1.00 bits per heavy atom. The average molecular weight is 707 g/mol. The zero-order valence-corrected chi connectivity index (χ0v) is 30.8. The molecule has 11 rings (SSSR count). The van der Waals surface area contributed by atoms with Crippen LogP contribution in [0.1, 0.15) is 47.2 Å². The van der Waals surface area contributed by atoms with E-state index in [1.807, 2.05) is 6.07 Å². The van der Waals surface area contributed by atoms with Crippen molar-refractivity contribution in [3.8, 4) is 22.6 Å². The number of hydrogen-bond acceptors (Lipinski definition) is 3. The summed E-state index contributed by atoms with van der Waals surface area (Å²) < 4.78 is 6.56. The Hall–Kier alpha value is -6.84. The highest BCUT2D eigenvalue weighted by Gasteiger charge is 2.47. The molecule has 0 N–H and O–H groups in total. The van der Waals surface area contributed by atoms with Crippen LogP contribution in [0.5, 0.6) is 11.5 Å². The number of rotatable bonds is 5. The second kappa shape index (κ2) is 11.8. The van der Waals surface area contributed by atoms with Crippen LogP contribution < -0.4 is 14.5 Å². The molecule has 0 fully saturated rings. The molecule has 3 nitrogen and oxygen atoms in total. The van der Waals surface area contributed by atoms with Crippen LogP contribution in [0.25, 0.3) is 11.1 Å². The second-order valence-corrected chi connectivity index (χ2v) is 15.3. The molecule has 55 heavy (non-hydrogen) atoms. The van der Waals surface area contributed by atoms with Gasteiger partial charge in [0.05, 0.1) is 22.5 Å². The molecule has 3 aliphatic rings. The summed E-state index contributed by atoms with van der Waals surface area (Å²) >= 11 is 0. The molecule has 1 aliphatic carbocycles. The molecule has 0 atom stereocenters. The van der Waals surface area contributed by atoms with Crippen LogP contribution in [0.15, 0.2) is 194 Å². The highest BCUT2D eigenvalue weighted by Crippen LogP contribution is 2.61. The summed E-state index contributed by atoms with van der Waals surface area (Å²) in [6.45, 7) is 4.66. The van der Waals surface area contributed by atoms with Gasteiger partial charge in [-0.25, -0.2) is 0 Å². The number of nitrogens with zero attached hydrogens (tertiary/aromatic N) is 2. The maximum atomic E-state index is 6.56. The van der Waals surface area contributed by atoms with Gasteiger partial charge in [0, 0.05) is 22.5 Å². The molecule has 0 unspecified atom stereocenters. The van der Waals surface area contributed by atoms with Crippen molar-refractivity contribution in [1.29, 1.82) is 0 Å². The quantitative estimate of drug-likeness (QED) is 0.177. The monoisotopic (exact) mass is 706 g/mol. The molecule has 0 saturated carbocycles. The fourth-order valence-electron chi connectivity index (χ4n) is 9.67. The predicted octanol–water partition coefficient (Wildman–Crippen LogP) is 13.7. The summed E-state index contributed by atoms with van der Waals surface area (Å²) in [6, 6.07) is 70.8. The molecule has 0 radical (unpaired) electrons. The van der Waals surface area contributed by atoms with Gasteiger partial charge in [0.25, 0.3) is 0 Å². The van der Waals surface area contributed by atoms with Crippen molar-refractivity contribution in [2.24, 2.45) is 0 Å². The Bertz CT molecular complexity index is 2730. The molecule has 0 saturated heterocycles. The lowest BCUT2D eigenvalue weighted by molar-refractivity contribution is 0.471. The van der Waals surface area contributed by atoms with Crippen LogP contribution in [0, 0.1) is 0 Å².